The predicted octanol–water partition coefficient (Wildman–Crippen LogP) is 5.85. The first kappa shape index (κ1) is 48.0. The molecule has 0 radical (unpaired) electrons. The molecule has 0 heterocycles. The molecule has 298 valence electrons. The van der Waals surface area contributed by atoms with E-state index in [-0.39, 0.29) is 30.4 Å². The minimum absolute atomic E-state index is 0.148. The van der Waals surface area contributed by atoms with Crippen molar-refractivity contribution in [2.24, 2.45) is 17.3 Å². The summed E-state index contributed by atoms with van der Waals surface area (Å²) in [5.74, 6) is -61.2. The van der Waals surface area contributed by atoms with Gasteiger partial charge in [0.1, 0.15) is 31.8 Å². The van der Waals surface area contributed by atoms with Crippen LogP contribution in [-0.4, -0.2) is 98.4 Å². The Bertz CT molecular complexity index is 1380. The number of alkyl halides is 12. The summed E-state index contributed by atoms with van der Waals surface area (Å²) < 4.78 is 206. The number of hydrogen-bond acceptors (Lipinski definition) is 10. The fraction of sp³-hybridized carbons (Fsp3) is 0.452. The number of esters is 5. The summed E-state index contributed by atoms with van der Waals surface area (Å²) in [6.45, 7) is 6.11. The molecule has 0 aromatic heterocycles. The highest BCUT2D eigenvalue weighted by molar-refractivity contribution is 5.82. The van der Waals surface area contributed by atoms with Crippen LogP contribution in [0.2, 0.25) is 0 Å². The lowest BCUT2D eigenvalue weighted by atomic mass is 9.75. The second-order valence-electron chi connectivity index (χ2n) is 10.4. The van der Waals surface area contributed by atoms with Crippen LogP contribution in [0.15, 0.2) is 75.9 Å². The molecule has 0 bridgehead atoms. The van der Waals surface area contributed by atoms with Crippen LogP contribution in [0.4, 0.5) is 52.7 Å². The van der Waals surface area contributed by atoms with Crippen molar-refractivity contribution in [2.75, 3.05) is 33.0 Å². The first-order chi connectivity index (χ1) is 24.1. The summed E-state index contributed by atoms with van der Waals surface area (Å²) in [6.07, 6.45) is 1.24. The van der Waals surface area contributed by atoms with Crippen LogP contribution >= 0.6 is 0 Å². The van der Waals surface area contributed by atoms with Crippen molar-refractivity contribution in [3.8, 4) is 0 Å². The zero-order chi connectivity index (χ0) is 41.9. The van der Waals surface area contributed by atoms with E-state index in [0.29, 0.717) is 6.08 Å². The van der Waals surface area contributed by atoms with Gasteiger partial charge in [0.2, 0.25) is 0 Å². The minimum atomic E-state index is -8.30. The summed E-state index contributed by atoms with van der Waals surface area (Å²) in [5, 5.41) is 0. The summed E-state index contributed by atoms with van der Waals surface area (Å²) in [7, 11) is 0. The normalized spacial score (nSPS) is 14.0. The zero-order valence-corrected chi connectivity index (χ0v) is 27.0. The van der Waals surface area contributed by atoms with Gasteiger partial charge in [0.15, 0.2) is 0 Å². The van der Waals surface area contributed by atoms with Crippen molar-refractivity contribution < 1.29 is 100 Å². The first-order valence-corrected chi connectivity index (χ1v) is 14.0. The smallest absolute Gasteiger partial charge is 0.384 e. The highest BCUT2D eigenvalue weighted by Gasteiger charge is 2.92. The van der Waals surface area contributed by atoms with Crippen molar-refractivity contribution >= 4 is 29.8 Å². The van der Waals surface area contributed by atoms with Crippen LogP contribution < -0.4 is 0 Å². The Morgan fingerprint density at radius 1 is 0.434 bits per heavy atom. The van der Waals surface area contributed by atoms with E-state index in [9.17, 15) is 24.0 Å². The van der Waals surface area contributed by atoms with E-state index in [1.165, 1.54) is 0 Å². The molecule has 2 atom stereocenters. The molecule has 0 saturated heterocycles. The third kappa shape index (κ3) is 9.69. The molecule has 0 amide bonds. The van der Waals surface area contributed by atoms with Crippen molar-refractivity contribution in [1.82, 2.24) is 0 Å². The summed E-state index contributed by atoms with van der Waals surface area (Å²) in [4.78, 5) is 57.8. The van der Waals surface area contributed by atoms with Crippen LogP contribution in [0.1, 0.15) is 0 Å². The Balaban J connectivity index is 7.71. The molecule has 10 nitrogen and oxygen atoms in total. The molecule has 0 spiro atoms. The molecule has 2 unspecified atom stereocenters. The van der Waals surface area contributed by atoms with Gasteiger partial charge in [-0.15, -0.1) is 6.58 Å². The number of halogens is 12. The molecule has 0 saturated carbocycles. The number of hydrogen-bond donors (Lipinski definition) is 0. The van der Waals surface area contributed by atoms with Crippen molar-refractivity contribution in [1.29, 1.82) is 0 Å². The summed E-state index contributed by atoms with van der Waals surface area (Å²) in [5.41, 5.74) is -4.62. The van der Waals surface area contributed by atoms with Crippen molar-refractivity contribution in [3.05, 3.63) is 75.9 Å². The molecule has 0 aliphatic rings. The highest BCUT2D eigenvalue weighted by Crippen LogP contribution is 2.64. The Labute approximate surface area is 292 Å². The van der Waals surface area contributed by atoms with Crippen LogP contribution in [0.25, 0.3) is 0 Å². The van der Waals surface area contributed by atoms with Gasteiger partial charge in [0, 0.05) is 36.3 Å². The predicted molar refractivity (Wildman–Crippen MR) is 155 cm³/mol. The number of ether oxygens (including phenoxy) is 5. The van der Waals surface area contributed by atoms with Gasteiger partial charge in [0.05, 0.1) is 12.5 Å². The van der Waals surface area contributed by atoms with E-state index in [1.807, 2.05) is 0 Å². The Morgan fingerprint density at radius 3 is 1.04 bits per heavy atom. The molecule has 0 aliphatic carbocycles. The van der Waals surface area contributed by atoms with E-state index in [0.717, 1.165) is 0 Å². The largest absolute Gasteiger partial charge is 0.462 e. The molecule has 53 heavy (non-hydrogen) atoms. The van der Waals surface area contributed by atoms with Gasteiger partial charge >= 0.3 is 65.4 Å². The van der Waals surface area contributed by atoms with Crippen molar-refractivity contribution in [2.45, 2.75) is 35.5 Å². The maximum atomic E-state index is 15.9. The number of carbonyl (C=O) groups excluding carboxylic acids is 5. The van der Waals surface area contributed by atoms with Gasteiger partial charge in [-0.1, -0.05) is 39.0 Å². The molecular formula is C31H30F12O10. The zero-order valence-electron chi connectivity index (χ0n) is 27.0. The fourth-order valence-corrected chi connectivity index (χ4v) is 3.88. The molecular weight excluding hydrogens is 760 g/mol. The van der Waals surface area contributed by atoms with Crippen LogP contribution in [0, 0.1) is 17.3 Å². The SMILES string of the molecule is C=CC(=O)OCC(C=C)C(COC(=O)C=C)C(F)(F)C(F)(F)C(F)(F)C(F)(F)C(F)(F)C(F)(F)C(COC(=O)C=C)(COC(=O)C=C)COC(=O)C=C. The summed E-state index contributed by atoms with van der Waals surface area (Å²) >= 11 is 0. The fourth-order valence-electron chi connectivity index (χ4n) is 3.88. The third-order valence-corrected chi connectivity index (χ3v) is 7.08. The maximum Gasteiger partial charge on any atom is 0.384 e. The Hall–Kier alpha value is -5.05. The average Bonchev–Trinajstić information content (AvgIpc) is 3.10. The first-order valence-electron chi connectivity index (χ1n) is 14.0. The topological polar surface area (TPSA) is 132 Å². The van der Waals surface area contributed by atoms with E-state index >= 15 is 52.7 Å². The maximum absolute atomic E-state index is 15.9. The highest BCUT2D eigenvalue weighted by atomic mass is 19.4. The van der Waals surface area contributed by atoms with Crippen LogP contribution in [0.3, 0.4) is 0 Å². The second kappa shape index (κ2) is 18.1. The van der Waals surface area contributed by atoms with E-state index < -0.39 is 116 Å². The quantitative estimate of drug-likeness (QED) is 0.0386. The molecule has 0 aromatic rings. The van der Waals surface area contributed by atoms with Gasteiger partial charge in [-0.2, -0.15) is 52.7 Å². The molecule has 0 aromatic carbocycles. The standard InChI is InChI=1S/C31H30F12O10/c1-7-18(13-49-20(44)8-2)19(14-50-21(45)9-3)26(32,33)28(36,37)30(40,41)31(42,43)29(38,39)27(34,35)25(15-51-22(46)10-4,16-52-23(47)11-5)17-53-24(48)12-6/h7-12,18-19H,1-6,13-17H2. The molecule has 0 fully saturated rings. The van der Waals surface area contributed by atoms with E-state index in [1.54, 1.807) is 0 Å². The van der Waals surface area contributed by atoms with Crippen LogP contribution in [-0.2, 0) is 47.7 Å². The monoisotopic (exact) mass is 790 g/mol. The average molecular weight is 791 g/mol. The lowest BCUT2D eigenvalue weighted by molar-refractivity contribution is -0.442. The Morgan fingerprint density at radius 2 is 0.717 bits per heavy atom. The number of carbonyl (C=O) groups is 5. The van der Waals surface area contributed by atoms with Crippen LogP contribution in [0.5, 0.6) is 0 Å². The third-order valence-electron chi connectivity index (χ3n) is 7.08. The second-order valence-corrected chi connectivity index (χ2v) is 10.4. The number of rotatable bonds is 24. The van der Waals surface area contributed by atoms with E-state index in [4.69, 9.17) is 0 Å². The van der Waals surface area contributed by atoms with Crippen molar-refractivity contribution in [3.63, 3.8) is 0 Å². The van der Waals surface area contributed by atoms with Gasteiger partial charge in [0.25, 0.3) is 0 Å². The van der Waals surface area contributed by atoms with Gasteiger partial charge in [-0.3, -0.25) is 0 Å². The van der Waals surface area contributed by atoms with Gasteiger partial charge in [-0.25, -0.2) is 24.0 Å². The van der Waals surface area contributed by atoms with Gasteiger partial charge in [-0.05, 0) is 0 Å². The summed E-state index contributed by atoms with van der Waals surface area (Å²) in [6, 6.07) is 0. The molecule has 0 rings (SSSR count). The molecule has 22 heteroatoms. The minimum Gasteiger partial charge on any atom is -0.462 e. The molecule has 0 N–H and O–H groups in total. The lowest BCUT2D eigenvalue weighted by Gasteiger charge is -2.47. The lowest BCUT2D eigenvalue weighted by Crippen LogP contribution is -2.75. The van der Waals surface area contributed by atoms with Gasteiger partial charge < -0.3 is 23.7 Å². The molecule has 0 aliphatic heterocycles. The van der Waals surface area contributed by atoms with E-state index in [2.05, 4.69) is 63.2 Å². The Kier molecular flexibility index (Phi) is 16.4.